The van der Waals surface area contributed by atoms with Crippen LogP contribution in [0.1, 0.15) is 87.0 Å². The van der Waals surface area contributed by atoms with Gasteiger partial charge in [0, 0.05) is 23.7 Å². The Balaban J connectivity index is 1.69. The molecule has 0 aromatic rings. The molecule has 202 valence electrons. The summed E-state index contributed by atoms with van der Waals surface area (Å²) in [5, 5.41) is 42.1. The lowest BCUT2D eigenvalue weighted by molar-refractivity contribution is -0.177. The molecule has 0 aromatic heterocycles. The number of Topliss-reactive ketones (excluding diaryl/α,β-unsaturated/α-hetero) is 3. The Morgan fingerprint density at radius 2 is 1.72 bits per heavy atom. The molecule has 0 saturated heterocycles. The van der Waals surface area contributed by atoms with Crippen molar-refractivity contribution in [2.45, 2.75) is 111 Å². The van der Waals surface area contributed by atoms with E-state index in [1.807, 2.05) is 27.7 Å². The van der Waals surface area contributed by atoms with Crippen molar-refractivity contribution >= 4 is 17.3 Å². The molecular formula is C29H44O7. The van der Waals surface area contributed by atoms with Crippen molar-refractivity contribution in [1.29, 1.82) is 0 Å². The zero-order chi connectivity index (χ0) is 27.2. The van der Waals surface area contributed by atoms with Gasteiger partial charge in [-0.25, -0.2) is 0 Å². The molecule has 0 spiro atoms. The second-order valence-corrected chi connectivity index (χ2v) is 13.9. The van der Waals surface area contributed by atoms with Gasteiger partial charge >= 0.3 is 0 Å². The van der Waals surface area contributed by atoms with Crippen LogP contribution in [0, 0.1) is 39.4 Å². The number of carbonyl (C=O) groups is 3. The van der Waals surface area contributed by atoms with Crippen LogP contribution in [0.25, 0.3) is 0 Å². The molecule has 7 heteroatoms. The summed E-state index contributed by atoms with van der Waals surface area (Å²) < 4.78 is 0. The van der Waals surface area contributed by atoms with E-state index in [1.54, 1.807) is 0 Å². The molecule has 9 unspecified atom stereocenters. The van der Waals surface area contributed by atoms with Crippen molar-refractivity contribution in [1.82, 2.24) is 0 Å². The first-order chi connectivity index (χ1) is 16.3. The van der Waals surface area contributed by atoms with Crippen LogP contribution in [0.5, 0.6) is 0 Å². The third-order valence-electron chi connectivity index (χ3n) is 11.4. The molecule has 3 saturated carbocycles. The molecule has 4 aliphatic carbocycles. The Kier molecular flexibility index (Phi) is 6.36. The van der Waals surface area contributed by atoms with Crippen molar-refractivity contribution in [2.75, 3.05) is 0 Å². The van der Waals surface area contributed by atoms with Gasteiger partial charge in [-0.2, -0.15) is 0 Å². The molecule has 7 nitrogen and oxygen atoms in total. The summed E-state index contributed by atoms with van der Waals surface area (Å²) in [6.45, 7) is 12.7. The monoisotopic (exact) mass is 504 g/mol. The van der Waals surface area contributed by atoms with Gasteiger partial charge in [-0.3, -0.25) is 14.4 Å². The highest BCUT2D eigenvalue weighted by molar-refractivity contribution is 5.94. The topological polar surface area (TPSA) is 132 Å². The quantitative estimate of drug-likeness (QED) is 0.423. The minimum Gasteiger partial charge on any atom is -0.390 e. The van der Waals surface area contributed by atoms with Crippen LogP contribution in [0.2, 0.25) is 0 Å². The van der Waals surface area contributed by atoms with E-state index < -0.39 is 51.9 Å². The molecule has 9 atom stereocenters. The highest BCUT2D eigenvalue weighted by atomic mass is 16.3. The van der Waals surface area contributed by atoms with Crippen molar-refractivity contribution in [3.05, 3.63) is 11.6 Å². The first-order valence-corrected chi connectivity index (χ1v) is 13.4. The summed E-state index contributed by atoms with van der Waals surface area (Å²) in [7, 11) is 0. The predicted octanol–water partition coefficient (Wildman–Crippen LogP) is 2.76. The van der Waals surface area contributed by atoms with E-state index in [0.717, 1.165) is 12.0 Å². The van der Waals surface area contributed by atoms with Gasteiger partial charge < -0.3 is 20.4 Å². The number of hydrogen-bond acceptors (Lipinski definition) is 7. The Bertz CT molecular complexity index is 1010. The van der Waals surface area contributed by atoms with Crippen LogP contribution in [0.3, 0.4) is 0 Å². The third kappa shape index (κ3) is 3.56. The van der Waals surface area contributed by atoms with Crippen molar-refractivity contribution < 1.29 is 34.8 Å². The van der Waals surface area contributed by atoms with Crippen molar-refractivity contribution in [3.63, 3.8) is 0 Å². The smallest absolute Gasteiger partial charge is 0.170 e. The number of rotatable bonds is 5. The fourth-order valence-corrected chi connectivity index (χ4v) is 8.66. The Hall–Kier alpha value is -1.41. The van der Waals surface area contributed by atoms with E-state index in [2.05, 4.69) is 13.0 Å². The summed E-state index contributed by atoms with van der Waals surface area (Å²) in [4.78, 5) is 39.9. The molecular weight excluding hydrogens is 460 g/mol. The number of carbonyl (C=O) groups excluding carboxylic acids is 3. The molecule has 4 rings (SSSR count). The number of fused-ring (bicyclic) bond motifs is 5. The Morgan fingerprint density at radius 1 is 1.11 bits per heavy atom. The van der Waals surface area contributed by atoms with Crippen LogP contribution in [-0.4, -0.2) is 61.7 Å². The van der Waals surface area contributed by atoms with Gasteiger partial charge in [0.05, 0.1) is 11.7 Å². The maximum absolute atomic E-state index is 14.1. The average molecular weight is 505 g/mol. The molecule has 4 aliphatic rings. The van der Waals surface area contributed by atoms with E-state index >= 15 is 0 Å². The largest absolute Gasteiger partial charge is 0.390 e. The van der Waals surface area contributed by atoms with E-state index in [1.165, 1.54) is 13.8 Å². The SMILES string of the molecule is CC1(C)C(=O)C(O)CC2C1=CCC1C2(C)C(=O)CC2(C)C(C(O)C(=O)CC(O)C(C)(C)O)CCC12C. The minimum absolute atomic E-state index is 0.0459. The van der Waals surface area contributed by atoms with Gasteiger partial charge in [-0.15, -0.1) is 0 Å². The lowest BCUT2D eigenvalue weighted by Crippen LogP contribution is -2.64. The van der Waals surface area contributed by atoms with E-state index in [9.17, 15) is 34.8 Å². The predicted molar refractivity (Wildman–Crippen MR) is 134 cm³/mol. The number of ketones is 3. The number of aliphatic hydroxyl groups is 4. The standard InChI is InChI=1S/C29H44O7/c1-25(2)15-8-9-20-27(5)11-10-16(23(34)18(30)13-21(32)26(3,4)36)28(27,6)14-22(33)29(20,7)17(15)12-19(31)24(25)35/h8,16-17,19-21,23,31-32,34,36H,9-14H2,1-7H3. The van der Waals surface area contributed by atoms with Crippen molar-refractivity contribution in [3.8, 4) is 0 Å². The summed E-state index contributed by atoms with van der Waals surface area (Å²) in [5.74, 6) is -1.33. The van der Waals surface area contributed by atoms with Gasteiger partial charge in [0.1, 0.15) is 18.0 Å². The molecule has 4 N–H and O–H groups in total. The van der Waals surface area contributed by atoms with Crippen LogP contribution in [-0.2, 0) is 14.4 Å². The van der Waals surface area contributed by atoms with Gasteiger partial charge in [-0.1, -0.05) is 32.4 Å². The second kappa shape index (κ2) is 8.29. The van der Waals surface area contributed by atoms with Gasteiger partial charge in [0.2, 0.25) is 0 Å². The third-order valence-corrected chi connectivity index (χ3v) is 11.4. The van der Waals surface area contributed by atoms with Crippen molar-refractivity contribution in [2.24, 2.45) is 39.4 Å². The highest BCUT2D eigenvalue weighted by Gasteiger charge is 2.71. The van der Waals surface area contributed by atoms with Crippen LogP contribution in [0.15, 0.2) is 11.6 Å². The second-order valence-electron chi connectivity index (χ2n) is 13.9. The molecule has 0 amide bonds. The number of aliphatic hydroxyl groups excluding tert-OH is 3. The van der Waals surface area contributed by atoms with Gasteiger partial charge in [-0.05, 0) is 82.0 Å². The van der Waals surface area contributed by atoms with Crippen LogP contribution in [0.4, 0.5) is 0 Å². The molecule has 0 aromatic carbocycles. The first kappa shape index (κ1) is 27.6. The summed E-state index contributed by atoms with van der Waals surface area (Å²) in [5.41, 5.74) is -3.01. The fraction of sp³-hybridized carbons (Fsp3) is 0.828. The van der Waals surface area contributed by atoms with Gasteiger partial charge in [0.25, 0.3) is 0 Å². The highest BCUT2D eigenvalue weighted by Crippen LogP contribution is 2.73. The summed E-state index contributed by atoms with van der Waals surface area (Å²) >= 11 is 0. The lowest BCUT2D eigenvalue weighted by Gasteiger charge is -2.64. The molecule has 0 bridgehead atoms. The van der Waals surface area contributed by atoms with E-state index in [0.29, 0.717) is 12.8 Å². The van der Waals surface area contributed by atoms with Gasteiger partial charge in [0.15, 0.2) is 11.6 Å². The number of hydrogen-bond donors (Lipinski definition) is 4. The summed E-state index contributed by atoms with van der Waals surface area (Å²) in [6.07, 6.45) is 0.513. The molecule has 3 fully saturated rings. The zero-order valence-electron chi connectivity index (χ0n) is 22.8. The fourth-order valence-electron chi connectivity index (χ4n) is 8.66. The van der Waals surface area contributed by atoms with Crippen LogP contribution < -0.4 is 0 Å². The first-order valence-electron chi connectivity index (χ1n) is 13.4. The number of allylic oxidation sites excluding steroid dienone is 2. The minimum atomic E-state index is -1.46. The molecule has 0 heterocycles. The van der Waals surface area contributed by atoms with E-state index in [4.69, 9.17) is 0 Å². The molecule has 0 radical (unpaired) electrons. The molecule has 0 aliphatic heterocycles. The normalized spacial score (nSPS) is 43.7. The molecule has 36 heavy (non-hydrogen) atoms. The maximum atomic E-state index is 14.1. The average Bonchev–Trinajstić information content (AvgIpc) is 3.02. The van der Waals surface area contributed by atoms with E-state index in [-0.39, 0.29) is 48.1 Å². The lowest BCUT2D eigenvalue weighted by atomic mass is 9.38. The Morgan fingerprint density at radius 3 is 2.31 bits per heavy atom. The maximum Gasteiger partial charge on any atom is 0.170 e. The zero-order valence-corrected chi connectivity index (χ0v) is 22.8. The summed E-state index contributed by atoms with van der Waals surface area (Å²) in [6, 6.07) is 0. The van der Waals surface area contributed by atoms with Crippen LogP contribution >= 0.6 is 0 Å². The Labute approximate surface area is 214 Å².